The molecule has 86 valence electrons. The fraction of sp³-hybridized carbons (Fsp3) is 0.538. The molecular weight excluding hydrogens is 203 g/mol. The van der Waals surface area contributed by atoms with E-state index < -0.39 is 0 Å². The molecule has 2 N–H and O–H groups in total. The van der Waals surface area contributed by atoms with Crippen molar-refractivity contribution >= 4 is 5.69 Å². The van der Waals surface area contributed by atoms with Crippen molar-refractivity contribution in [2.45, 2.75) is 31.3 Å². The van der Waals surface area contributed by atoms with Gasteiger partial charge >= 0.3 is 0 Å². The van der Waals surface area contributed by atoms with E-state index in [1.165, 1.54) is 12.5 Å². The van der Waals surface area contributed by atoms with E-state index in [4.69, 9.17) is 5.73 Å². The van der Waals surface area contributed by atoms with Crippen molar-refractivity contribution in [3.05, 3.63) is 30.1 Å². The lowest BCUT2D eigenvalue weighted by Crippen LogP contribution is -2.33. The van der Waals surface area contributed by atoms with Gasteiger partial charge in [0.1, 0.15) is 5.82 Å². The number of hydrogen-bond acceptors (Lipinski definition) is 2. The standard InChI is InChI=1S/C13H17FN2/c14-10-2-1-3-11(7-10)16-8-9-6-12(16)4-5-13(9)15/h1-3,7,9,12-13H,4-6,8,15H2. The summed E-state index contributed by atoms with van der Waals surface area (Å²) in [5, 5.41) is 0. The fourth-order valence-corrected chi connectivity index (χ4v) is 3.13. The van der Waals surface area contributed by atoms with Gasteiger partial charge in [0.15, 0.2) is 0 Å². The van der Waals surface area contributed by atoms with Gasteiger partial charge in [-0.1, -0.05) is 6.07 Å². The minimum Gasteiger partial charge on any atom is -0.368 e. The van der Waals surface area contributed by atoms with Crippen LogP contribution in [0.3, 0.4) is 0 Å². The third-order valence-corrected chi connectivity index (χ3v) is 4.03. The lowest BCUT2D eigenvalue weighted by molar-refractivity contribution is 0.358. The number of rotatable bonds is 1. The third kappa shape index (κ3) is 1.59. The highest BCUT2D eigenvalue weighted by atomic mass is 19.1. The van der Waals surface area contributed by atoms with Crippen molar-refractivity contribution in [1.29, 1.82) is 0 Å². The lowest BCUT2D eigenvalue weighted by Gasteiger charge is -2.27. The Kier molecular flexibility index (Phi) is 2.36. The molecule has 1 aromatic rings. The van der Waals surface area contributed by atoms with Gasteiger partial charge in [0.25, 0.3) is 0 Å². The first-order valence-electron chi connectivity index (χ1n) is 6.02. The van der Waals surface area contributed by atoms with Crippen molar-refractivity contribution in [3.8, 4) is 0 Å². The Morgan fingerprint density at radius 3 is 2.94 bits per heavy atom. The van der Waals surface area contributed by atoms with Gasteiger partial charge in [0.05, 0.1) is 0 Å². The highest BCUT2D eigenvalue weighted by Gasteiger charge is 2.39. The van der Waals surface area contributed by atoms with Gasteiger partial charge in [-0.15, -0.1) is 0 Å². The molecule has 2 fully saturated rings. The summed E-state index contributed by atoms with van der Waals surface area (Å²) >= 11 is 0. The van der Waals surface area contributed by atoms with Gasteiger partial charge in [-0.25, -0.2) is 4.39 Å². The van der Waals surface area contributed by atoms with E-state index in [1.807, 2.05) is 6.07 Å². The molecule has 0 amide bonds. The maximum absolute atomic E-state index is 13.2. The smallest absolute Gasteiger partial charge is 0.125 e. The summed E-state index contributed by atoms with van der Waals surface area (Å²) in [7, 11) is 0. The summed E-state index contributed by atoms with van der Waals surface area (Å²) in [5.41, 5.74) is 7.10. The highest BCUT2D eigenvalue weighted by Crippen LogP contribution is 2.37. The molecule has 3 atom stereocenters. The summed E-state index contributed by atoms with van der Waals surface area (Å²) in [5.74, 6) is 0.449. The van der Waals surface area contributed by atoms with Crippen molar-refractivity contribution in [2.24, 2.45) is 11.7 Å². The Hall–Kier alpha value is -1.09. The first-order valence-corrected chi connectivity index (χ1v) is 6.02. The number of nitrogens with two attached hydrogens (primary N) is 1. The van der Waals surface area contributed by atoms with Gasteiger partial charge in [-0.2, -0.15) is 0 Å². The largest absolute Gasteiger partial charge is 0.368 e. The molecule has 3 unspecified atom stereocenters. The molecule has 1 heterocycles. The van der Waals surface area contributed by atoms with Crippen LogP contribution in [0.1, 0.15) is 19.3 Å². The fourth-order valence-electron chi connectivity index (χ4n) is 3.13. The Morgan fingerprint density at radius 1 is 1.31 bits per heavy atom. The second-order valence-electron chi connectivity index (χ2n) is 5.02. The molecule has 3 rings (SSSR count). The molecule has 1 aromatic carbocycles. The predicted molar refractivity (Wildman–Crippen MR) is 62.9 cm³/mol. The molecule has 0 radical (unpaired) electrons. The van der Waals surface area contributed by atoms with Gasteiger partial charge in [0.2, 0.25) is 0 Å². The molecule has 0 aromatic heterocycles. The molecule has 1 saturated heterocycles. The Morgan fingerprint density at radius 2 is 2.19 bits per heavy atom. The summed E-state index contributed by atoms with van der Waals surface area (Å²) < 4.78 is 13.2. The molecule has 2 nitrogen and oxygen atoms in total. The maximum atomic E-state index is 13.2. The molecular formula is C13H17FN2. The van der Waals surface area contributed by atoms with Crippen LogP contribution in [0.15, 0.2) is 24.3 Å². The zero-order valence-corrected chi connectivity index (χ0v) is 9.27. The Balaban J connectivity index is 1.86. The zero-order valence-electron chi connectivity index (χ0n) is 9.27. The molecule has 1 aliphatic carbocycles. The Labute approximate surface area is 95.2 Å². The van der Waals surface area contributed by atoms with Crippen LogP contribution >= 0.6 is 0 Å². The molecule has 2 bridgehead atoms. The number of hydrogen-bond donors (Lipinski definition) is 1. The lowest BCUT2D eigenvalue weighted by atomic mass is 9.86. The third-order valence-electron chi connectivity index (χ3n) is 4.03. The number of halogens is 1. The first kappa shape index (κ1) is 10.1. The van der Waals surface area contributed by atoms with Gasteiger partial charge in [-0.05, 0) is 43.4 Å². The molecule has 1 aliphatic heterocycles. The van der Waals surface area contributed by atoms with E-state index in [1.54, 1.807) is 12.1 Å². The average Bonchev–Trinajstić information content (AvgIpc) is 2.63. The van der Waals surface area contributed by atoms with Gasteiger partial charge in [-0.3, -0.25) is 0 Å². The minimum absolute atomic E-state index is 0.150. The van der Waals surface area contributed by atoms with Crippen LogP contribution in [0, 0.1) is 11.7 Å². The Bertz CT molecular complexity index is 393. The van der Waals surface area contributed by atoms with E-state index in [0.717, 1.165) is 25.1 Å². The van der Waals surface area contributed by atoms with Crippen molar-refractivity contribution in [3.63, 3.8) is 0 Å². The number of benzene rings is 1. The minimum atomic E-state index is -0.150. The quantitative estimate of drug-likeness (QED) is 0.785. The van der Waals surface area contributed by atoms with Crippen LogP contribution in [-0.4, -0.2) is 18.6 Å². The molecule has 3 heteroatoms. The van der Waals surface area contributed by atoms with Crippen molar-refractivity contribution in [2.75, 3.05) is 11.4 Å². The van der Waals surface area contributed by atoms with Crippen LogP contribution in [0.2, 0.25) is 0 Å². The topological polar surface area (TPSA) is 29.3 Å². The number of nitrogens with zero attached hydrogens (tertiary/aromatic N) is 1. The van der Waals surface area contributed by atoms with Crippen LogP contribution in [0.4, 0.5) is 10.1 Å². The van der Waals surface area contributed by atoms with E-state index in [2.05, 4.69) is 4.90 Å². The monoisotopic (exact) mass is 220 g/mol. The normalized spacial score (nSPS) is 33.1. The molecule has 0 spiro atoms. The van der Waals surface area contributed by atoms with Crippen LogP contribution in [0.25, 0.3) is 0 Å². The summed E-state index contributed by atoms with van der Waals surface area (Å²) in [4.78, 5) is 2.33. The van der Waals surface area contributed by atoms with Crippen LogP contribution < -0.4 is 10.6 Å². The second kappa shape index (κ2) is 3.74. The number of fused-ring (bicyclic) bond motifs is 2. The second-order valence-corrected chi connectivity index (χ2v) is 5.02. The zero-order chi connectivity index (χ0) is 11.1. The van der Waals surface area contributed by atoms with E-state index >= 15 is 0 Å². The van der Waals surface area contributed by atoms with E-state index in [-0.39, 0.29) is 5.82 Å². The highest BCUT2D eigenvalue weighted by molar-refractivity contribution is 5.49. The summed E-state index contributed by atoms with van der Waals surface area (Å²) in [6.07, 6.45) is 3.44. The molecule has 1 saturated carbocycles. The van der Waals surface area contributed by atoms with Crippen LogP contribution in [-0.2, 0) is 0 Å². The molecule has 16 heavy (non-hydrogen) atoms. The van der Waals surface area contributed by atoms with E-state index in [9.17, 15) is 4.39 Å². The SMILES string of the molecule is NC1CCC2CC1CN2c1cccc(F)c1. The summed E-state index contributed by atoms with van der Waals surface area (Å²) in [6.45, 7) is 0.995. The average molecular weight is 220 g/mol. The maximum Gasteiger partial charge on any atom is 0.125 e. The summed E-state index contributed by atoms with van der Waals surface area (Å²) in [6, 6.07) is 7.83. The number of anilines is 1. The van der Waals surface area contributed by atoms with Crippen LogP contribution in [0.5, 0.6) is 0 Å². The van der Waals surface area contributed by atoms with E-state index in [0.29, 0.717) is 18.0 Å². The predicted octanol–water partition coefficient (Wildman–Crippen LogP) is 2.14. The van der Waals surface area contributed by atoms with Crippen molar-refractivity contribution < 1.29 is 4.39 Å². The van der Waals surface area contributed by atoms with Gasteiger partial charge < -0.3 is 10.6 Å². The first-order chi connectivity index (χ1) is 7.74. The van der Waals surface area contributed by atoms with Gasteiger partial charge in [0, 0.05) is 24.3 Å². The van der Waals surface area contributed by atoms with Crippen molar-refractivity contribution in [1.82, 2.24) is 0 Å². The molecule has 2 aliphatic rings.